The largest absolute Gasteiger partial charge is 0.475 e. The summed E-state index contributed by atoms with van der Waals surface area (Å²) in [5.41, 5.74) is 0. The van der Waals surface area contributed by atoms with Crippen LogP contribution in [0.5, 0.6) is 0 Å². The van der Waals surface area contributed by atoms with Gasteiger partial charge in [-0.2, -0.15) is 39.5 Å². The number of hydrogen-bond donors (Lipinski definition) is 0. The third-order valence-corrected chi connectivity index (χ3v) is 4.75. The Kier molecular flexibility index (Phi) is 10.4. The highest BCUT2D eigenvalue weighted by Crippen LogP contribution is 2.52. The highest BCUT2D eigenvalue weighted by molar-refractivity contribution is 7.48. The van der Waals surface area contributed by atoms with Crippen molar-refractivity contribution >= 4 is 15.6 Å². The molecule has 0 radical (unpaired) electrons. The van der Waals surface area contributed by atoms with Crippen molar-refractivity contribution in [1.82, 2.24) is 0 Å². The van der Waals surface area contributed by atoms with Gasteiger partial charge in [0.1, 0.15) is 0 Å². The molecule has 8 nitrogen and oxygen atoms in total. The van der Waals surface area contributed by atoms with Gasteiger partial charge in [0, 0.05) is 7.11 Å². The number of phosphoric ester groups is 2. The molecule has 28 heavy (non-hydrogen) atoms. The summed E-state index contributed by atoms with van der Waals surface area (Å²) in [6, 6.07) is 0. The second-order valence-electron chi connectivity index (χ2n) is 4.41. The third kappa shape index (κ3) is 14.6. The minimum Gasteiger partial charge on any atom is -0.290 e. The second-order valence-corrected chi connectivity index (χ2v) is 7.85. The normalized spacial score (nSPS) is 16.2. The Balaban J connectivity index is 4.75. The van der Waals surface area contributed by atoms with Crippen LogP contribution in [0.25, 0.3) is 0 Å². The highest BCUT2D eigenvalue weighted by Gasteiger charge is 2.40. The first kappa shape index (κ1) is 27.6. The van der Waals surface area contributed by atoms with Crippen LogP contribution in [0.1, 0.15) is 0 Å². The van der Waals surface area contributed by atoms with E-state index in [2.05, 4.69) is 27.1 Å². The fraction of sp³-hybridized carbons (Fsp3) is 1.00. The average Bonchev–Trinajstić information content (AvgIpc) is 2.52. The molecule has 0 spiro atoms. The van der Waals surface area contributed by atoms with Crippen molar-refractivity contribution in [3.8, 4) is 0 Å². The van der Waals surface area contributed by atoms with Gasteiger partial charge in [0.2, 0.25) is 0 Å². The Hall–Kier alpha value is -0.410. The lowest BCUT2D eigenvalue weighted by atomic mass is 10.7. The Morgan fingerprint density at radius 1 is 0.571 bits per heavy atom. The number of phosphoric acid groups is 2. The minimum absolute atomic E-state index is 0.627. The van der Waals surface area contributed by atoms with Gasteiger partial charge in [0.25, 0.3) is 0 Å². The zero-order valence-electron chi connectivity index (χ0n) is 13.6. The Labute approximate surface area is 151 Å². The first-order valence-corrected chi connectivity index (χ1v) is 9.49. The van der Waals surface area contributed by atoms with Gasteiger partial charge in [-0.1, -0.05) is 0 Å². The molecule has 0 N–H and O–H groups in total. The molecule has 0 aromatic heterocycles. The van der Waals surface area contributed by atoms with Gasteiger partial charge in [0.05, 0.1) is 13.2 Å². The van der Waals surface area contributed by atoms with E-state index in [4.69, 9.17) is 0 Å². The molecule has 170 valence electrons. The lowest BCUT2D eigenvalue weighted by molar-refractivity contribution is -0.170. The molecule has 1 unspecified atom stereocenters. The van der Waals surface area contributed by atoms with Gasteiger partial charge in [-0.3, -0.25) is 27.1 Å². The number of alkyl halides is 9. The maximum atomic E-state index is 12.1. The lowest BCUT2D eigenvalue weighted by Gasteiger charge is -2.20. The molecular weight excluding hydrogens is 469 g/mol. The molecule has 19 heteroatoms. The molecule has 0 saturated carbocycles. The van der Waals surface area contributed by atoms with Crippen LogP contribution in [0.3, 0.4) is 0 Å². The van der Waals surface area contributed by atoms with Crippen LogP contribution in [0.2, 0.25) is 0 Å². The summed E-state index contributed by atoms with van der Waals surface area (Å²) in [4.78, 5) is 0. The van der Waals surface area contributed by atoms with Crippen LogP contribution in [0, 0.1) is 0 Å². The van der Waals surface area contributed by atoms with Gasteiger partial charge in [0.15, 0.2) is 19.8 Å². The molecule has 0 bridgehead atoms. The molecule has 0 amide bonds. The van der Waals surface area contributed by atoms with Crippen molar-refractivity contribution in [3.05, 3.63) is 0 Å². The monoisotopic (exact) mass is 482 g/mol. The first-order chi connectivity index (χ1) is 12.4. The Morgan fingerprint density at radius 2 is 0.857 bits per heavy atom. The average molecular weight is 482 g/mol. The van der Waals surface area contributed by atoms with Crippen molar-refractivity contribution in [2.75, 3.05) is 40.1 Å². The first-order valence-electron chi connectivity index (χ1n) is 6.57. The Morgan fingerprint density at radius 3 is 1.14 bits per heavy atom. The zero-order valence-corrected chi connectivity index (χ0v) is 15.4. The van der Waals surface area contributed by atoms with Gasteiger partial charge < -0.3 is 0 Å². The van der Waals surface area contributed by atoms with Crippen molar-refractivity contribution in [2.45, 2.75) is 18.5 Å². The van der Waals surface area contributed by atoms with Crippen LogP contribution >= 0.6 is 15.6 Å². The van der Waals surface area contributed by atoms with Gasteiger partial charge >= 0.3 is 34.2 Å². The fourth-order valence-electron chi connectivity index (χ4n) is 1.01. The van der Waals surface area contributed by atoms with Gasteiger partial charge in [-0.15, -0.1) is 0 Å². The van der Waals surface area contributed by atoms with E-state index in [9.17, 15) is 48.6 Å². The highest BCUT2D eigenvalue weighted by atomic mass is 31.2. The summed E-state index contributed by atoms with van der Waals surface area (Å²) in [6.45, 7) is -8.91. The van der Waals surface area contributed by atoms with Crippen molar-refractivity contribution in [2.24, 2.45) is 0 Å². The molecule has 0 rings (SSSR count). The Bertz CT molecular complexity index is 539. The summed E-state index contributed by atoms with van der Waals surface area (Å²) in [7, 11) is -9.58. The zero-order chi connectivity index (χ0) is 22.3. The molecule has 0 heterocycles. The number of halogens is 9. The maximum Gasteiger partial charge on any atom is 0.475 e. The van der Waals surface area contributed by atoms with Gasteiger partial charge in [-0.25, -0.2) is 9.13 Å². The van der Waals surface area contributed by atoms with Crippen LogP contribution in [-0.4, -0.2) is 58.7 Å². The predicted molar refractivity (Wildman–Crippen MR) is 70.1 cm³/mol. The summed E-state index contributed by atoms with van der Waals surface area (Å²) in [5.74, 6) is 0. The third-order valence-electron chi connectivity index (χ3n) is 1.96. The molecule has 0 aromatic carbocycles. The molecule has 1 atom stereocenters. The van der Waals surface area contributed by atoms with Crippen LogP contribution in [0.4, 0.5) is 39.5 Å². The van der Waals surface area contributed by atoms with Crippen molar-refractivity contribution in [3.63, 3.8) is 0 Å². The lowest BCUT2D eigenvalue weighted by Crippen LogP contribution is -2.21. The molecule has 0 aliphatic rings. The maximum absolute atomic E-state index is 12.1. The number of hydrogen-bond acceptors (Lipinski definition) is 8. The van der Waals surface area contributed by atoms with E-state index in [1.165, 1.54) is 0 Å². The predicted octanol–water partition coefficient (Wildman–Crippen LogP) is 4.62. The molecule has 0 aliphatic heterocycles. The molecule has 0 aliphatic carbocycles. The van der Waals surface area contributed by atoms with E-state index < -0.39 is 67.2 Å². The van der Waals surface area contributed by atoms with E-state index in [0.29, 0.717) is 7.11 Å². The summed E-state index contributed by atoms with van der Waals surface area (Å²) < 4.78 is 155. The summed E-state index contributed by atoms with van der Waals surface area (Å²) in [6.07, 6.45) is -15.1. The van der Waals surface area contributed by atoms with Crippen molar-refractivity contribution < 1.29 is 75.8 Å². The fourth-order valence-corrected chi connectivity index (χ4v) is 3.03. The van der Waals surface area contributed by atoms with Crippen LogP contribution in [-0.2, 0) is 36.3 Å². The van der Waals surface area contributed by atoms with E-state index >= 15 is 0 Å². The van der Waals surface area contributed by atoms with E-state index in [1.807, 2.05) is 0 Å². The van der Waals surface area contributed by atoms with Gasteiger partial charge in [-0.05, 0) is 0 Å². The van der Waals surface area contributed by atoms with E-state index in [1.54, 1.807) is 0 Å². The molecule has 0 aromatic rings. The molecule has 0 saturated heterocycles. The minimum atomic E-state index is -5.42. The quantitative estimate of drug-likeness (QED) is 0.226. The number of rotatable bonds is 12. The second kappa shape index (κ2) is 10.6. The molecular formula is C9H13F9O8P2. The van der Waals surface area contributed by atoms with Crippen molar-refractivity contribution in [1.29, 1.82) is 0 Å². The van der Waals surface area contributed by atoms with E-state index in [0.717, 1.165) is 0 Å². The van der Waals surface area contributed by atoms with Crippen LogP contribution < -0.4 is 0 Å². The summed E-state index contributed by atoms with van der Waals surface area (Å²) >= 11 is 0. The van der Waals surface area contributed by atoms with E-state index in [-0.39, 0.29) is 0 Å². The SMILES string of the molecule is COP(=O)(OCCOP(=O)(OCC(F)(F)F)OCC(F)(F)F)OCC(F)(F)F. The smallest absolute Gasteiger partial charge is 0.290 e. The summed E-state index contributed by atoms with van der Waals surface area (Å²) in [5, 5.41) is 0. The molecule has 0 fully saturated rings. The standard InChI is InChI=1S/C9H13F9O8P2/c1-21-27(19,24-4-7(10,11)12)22-2-3-23-28(20,25-5-8(13,14)15)26-6-9(16,17)18/h2-6H2,1H3. The topological polar surface area (TPSA) is 89.5 Å². The van der Waals surface area contributed by atoms with Crippen LogP contribution in [0.15, 0.2) is 0 Å².